The fraction of sp³-hybridized carbons (Fsp3) is 0.450. The third-order valence-electron chi connectivity index (χ3n) is 4.96. The zero-order valence-electron chi connectivity index (χ0n) is 16.4. The third kappa shape index (κ3) is 3.73. The van der Waals surface area contributed by atoms with Crippen LogP contribution in [0.25, 0.3) is 0 Å². The first kappa shape index (κ1) is 20.3. The molecule has 7 nitrogen and oxygen atoms in total. The van der Waals surface area contributed by atoms with Crippen LogP contribution >= 0.6 is 11.8 Å². The molecule has 0 saturated carbocycles. The Morgan fingerprint density at radius 1 is 1.32 bits per heavy atom. The molecule has 0 N–H and O–H groups in total. The van der Waals surface area contributed by atoms with Gasteiger partial charge in [-0.05, 0) is 39.0 Å². The number of amides is 1. The van der Waals surface area contributed by atoms with Crippen LogP contribution in [0.1, 0.15) is 46.7 Å². The van der Waals surface area contributed by atoms with E-state index in [9.17, 15) is 14.4 Å². The number of ether oxygens (including phenoxy) is 1. The molecule has 3 rings (SSSR count). The summed E-state index contributed by atoms with van der Waals surface area (Å²) in [4.78, 5) is 38.7. The van der Waals surface area contributed by atoms with Crippen molar-refractivity contribution < 1.29 is 23.5 Å². The van der Waals surface area contributed by atoms with E-state index >= 15 is 0 Å². The molecular formula is C20H24N2O5S. The quantitative estimate of drug-likeness (QED) is 0.544. The molecule has 28 heavy (non-hydrogen) atoms. The molecule has 1 saturated heterocycles. The minimum atomic E-state index is -0.742. The molecule has 2 atom stereocenters. The topological polar surface area (TPSA) is 81.8 Å². The van der Waals surface area contributed by atoms with Crippen molar-refractivity contribution in [2.75, 3.05) is 12.4 Å². The van der Waals surface area contributed by atoms with Gasteiger partial charge in [0.1, 0.15) is 17.2 Å². The highest BCUT2D eigenvalue weighted by Crippen LogP contribution is 2.41. The van der Waals surface area contributed by atoms with Crippen LogP contribution in [0.2, 0.25) is 0 Å². The lowest BCUT2D eigenvalue weighted by Gasteiger charge is -2.25. The van der Waals surface area contributed by atoms with E-state index < -0.39 is 12.0 Å². The lowest BCUT2D eigenvalue weighted by Crippen LogP contribution is -2.43. The van der Waals surface area contributed by atoms with Gasteiger partial charge < -0.3 is 18.6 Å². The number of nitrogens with zero attached hydrogens (tertiary/aromatic N) is 2. The molecule has 2 aromatic heterocycles. The van der Waals surface area contributed by atoms with Crippen molar-refractivity contribution in [1.82, 2.24) is 9.47 Å². The SMILES string of the molecule is CCn1c(C)cc(C(=O)COC(=O)[C@H]2CS[C@@H](c3ccco3)N2C(C)=O)c1C. The fourth-order valence-corrected chi connectivity index (χ4v) is 5.02. The number of furan rings is 1. The van der Waals surface area contributed by atoms with E-state index in [1.807, 2.05) is 31.4 Å². The zero-order chi connectivity index (χ0) is 20.4. The average molecular weight is 404 g/mol. The second kappa shape index (κ2) is 8.26. The zero-order valence-corrected chi connectivity index (χ0v) is 17.2. The van der Waals surface area contributed by atoms with Crippen LogP contribution < -0.4 is 0 Å². The van der Waals surface area contributed by atoms with Crippen molar-refractivity contribution in [1.29, 1.82) is 0 Å². The van der Waals surface area contributed by atoms with E-state index in [2.05, 4.69) is 0 Å². The van der Waals surface area contributed by atoms with Crippen LogP contribution in [0.5, 0.6) is 0 Å². The molecule has 0 spiro atoms. The maximum absolute atomic E-state index is 12.6. The highest BCUT2D eigenvalue weighted by Gasteiger charge is 2.43. The Hall–Kier alpha value is -2.48. The molecule has 0 aromatic carbocycles. The molecule has 3 heterocycles. The molecule has 0 radical (unpaired) electrons. The average Bonchev–Trinajstić information content (AvgIpc) is 3.37. The van der Waals surface area contributed by atoms with Gasteiger partial charge in [-0.2, -0.15) is 0 Å². The summed E-state index contributed by atoms with van der Waals surface area (Å²) in [6.45, 7) is 7.67. The highest BCUT2D eigenvalue weighted by molar-refractivity contribution is 7.99. The molecule has 0 bridgehead atoms. The Kier molecular flexibility index (Phi) is 5.98. The number of aryl methyl sites for hydroxylation is 1. The van der Waals surface area contributed by atoms with E-state index in [-0.39, 0.29) is 23.7 Å². The maximum atomic E-state index is 12.6. The fourth-order valence-electron chi connectivity index (χ4n) is 3.60. The summed E-state index contributed by atoms with van der Waals surface area (Å²) < 4.78 is 12.7. The first-order chi connectivity index (χ1) is 13.3. The molecule has 1 fully saturated rings. The Balaban J connectivity index is 1.67. The molecule has 1 aliphatic rings. The van der Waals surface area contributed by atoms with Crippen LogP contribution in [-0.4, -0.2) is 45.5 Å². The molecule has 0 unspecified atom stereocenters. The van der Waals surface area contributed by atoms with Gasteiger partial charge in [0, 0.05) is 36.2 Å². The van der Waals surface area contributed by atoms with E-state index in [1.165, 1.54) is 29.8 Å². The van der Waals surface area contributed by atoms with Crippen LogP contribution in [0.4, 0.5) is 0 Å². The Morgan fingerprint density at radius 3 is 2.64 bits per heavy atom. The van der Waals surface area contributed by atoms with Gasteiger partial charge in [0.15, 0.2) is 6.61 Å². The van der Waals surface area contributed by atoms with Crippen molar-refractivity contribution in [2.45, 2.75) is 45.7 Å². The van der Waals surface area contributed by atoms with Crippen molar-refractivity contribution in [2.24, 2.45) is 0 Å². The van der Waals surface area contributed by atoms with Crippen molar-refractivity contribution in [3.63, 3.8) is 0 Å². The molecule has 0 aliphatic carbocycles. The molecule has 150 valence electrons. The number of ketones is 1. The van der Waals surface area contributed by atoms with Gasteiger partial charge in [-0.1, -0.05) is 0 Å². The monoisotopic (exact) mass is 404 g/mol. The van der Waals surface area contributed by atoms with Crippen LogP contribution in [0.3, 0.4) is 0 Å². The van der Waals surface area contributed by atoms with Crippen molar-refractivity contribution in [3.8, 4) is 0 Å². The number of Topliss-reactive ketones (excluding diaryl/α,β-unsaturated/α-hetero) is 1. The van der Waals surface area contributed by atoms with Crippen LogP contribution in [0.15, 0.2) is 28.9 Å². The van der Waals surface area contributed by atoms with Crippen LogP contribution in [0, 0.1) is 13.8 Å². The standard InChI is InChI=1S/C20H24N2O5S/c1-5-21-12(2)9-15(13(21)3)17(24)10-27-20(25)16-11-28-19(22(16)14(4)23)18-7-6-8-26-18/h6-9,16,19H,5,10-11H2,1-4H3/t16-,19+/m1/s1. The van der Waals surface area contributed by atoms with Gasteiger partial charge >= 0.3 is 5.97 Å². The number of esters is 1. The molecule has 1 amide bonds. The normalized spacial score (nSPS) is 19.1. The number of rotatable bonds is 6. The van der Waals surface area contributed by atoms with Gasteiger partial charge in [0.05, 0.1) is 6.26 Å². The summed E-state index contributed by atoms with van der Waals surface area (Å²) in [5, 5.41) is -0.371. The number of hydrogen-bond donors (Lipinski definition) is 0. The summed E-state index contributed by atoms with van der Waals surface area (Å²) in [6, 6.07) is 4.59. The number of carbonyl (C=O) groups excluding carboxylic acids is 3. The summed E-state index contributed by atoms with van der Waals surface area (Å²) in [5.74, 6) is -0.0644. The predicted octanol–water partition coefficient (Wildman–Crippen LogP) is 3.11. The predicted molar refractivity (Wildman–Crippen MR) is 105 cm³/mol. The van der Waals surface area contributed by atoms with Gasteiger partial charge in [0.2, 0.25) is 11.7 Å². The van der Waals surface area contributed by atoms with Crippen molar-refractivity contribution in [3.05, 3.63) is 47.2 Å². The largest absolute Gasteiger partial charge is 0.466 e. The summed E-state index contributed by atoms with van der Waals surface area (Å²) >= 11 is 1.44. The third-order valence-corrected chi connectivity index (χ3v) is 6.24. The first-order valence-corrected chi connectivity index (χ1v) is 10.2. The van der Waals surface area contributed by atoms with E-state index in [0.717, 1.165) is 17.9 Å². The Morgan fingerprint density at radius 2 is 2.07 bits per heavy atom. The van der Waals surface area contributed by atoms with Crippen LogP contribution in [-0.2, 0) is 20.9 Å². The Labute approximate surface area is 168 Å². The van der Waals surface area contributed by atoms with Gasteiger partial charge in [-0.25, -0.2) is 4.79 Å². The number of hydrogen-bond acceptors (Lipinski definition) is 6. The highest BCUT2D eigenvalue weighted by atomic mass is 32.2. The minimum absolute atomic E-state index is 0.244. The number of thioether (sulfide) groups is 1. The van der Waals surface area contributed by atoms with Gasteiger partial charge in [-0.3, -0.25) is 9.59 Å². The first-order valence-electron chi connectivity index (χ1n) is 9.15. The molecule has 8 heteroatoms. The Bertz CT molecular complexity index is 887. The van der Waals surface area contributed by atoms with E-state index in [1.54, 1.807) is 12.1 Å². The van der Waals surface area contributed by atoms with Gasteiger partial charge in [-0.15, -0.1) is 11.8 Å². The number of carbonyl (C=O) groups is 3. The number of aromatic nitrogens is 1. The summed E-state index contributed by atoms with van der Waals surface area (Å²) in [5.41, 5.74) is 2.41. The smallest absolute Gasteiger partial charge is 0.330 e. The van der Waals surface area contributed by atoms with E-state index in [4.69, 9.17) is 9.15 Å². The molecule has 2 aromatic rings. The summed E-state index contributed by atoms with van der Waals surface area (Å²) in [7, 11) is 0. The lowest BCUT2D eigenvalue weighted by molar-refractivity contribution is -0.152. The summed E-state index contributed by atoms with van der Waals surface area (Å²) in [6.07, 6.45) is 1.53. The van der Waals surface area contributed by atoms with Gasteiger partial charge in [0.25, 0.3) is 0 Å². The van der Waals surface area contributed by atoms with E-state index in [0.29, 0.717) is 17.1 Å². The van der Waals surface area contributed by atoms with Crippen molar-refractivity contribution >= 4 is 29.4 Å². The molecular weight excluding hydrogens is 380 g/mol. The maximum Gasteiger partial charge on any atom is 0.330 e. The second-order valence-corrected chi connectivity index (χ2v) is 7.82. The molecule has 1 aliphatic heterocycles. The second-order valence-electron chi connectivity index (χ2n) is 6.70. The lowest BCUT2D eigenvalue weighted by atomic mass is 10.1. The minimum Gasteiger partial charge on any atom is -0.466 e.